The molecular weight excluding hydrogens is 424 g/mol. The highest BCUT2D eigenvalue weighted by molar-refractivity contribution is 5.91. The van der Waals surface area contributed by atoms with Crippen LogP contribution >= 0.6 is 0 Å². The number of hydrogen-bond acceptors (Lipinski definition) is 6. The minimum absolute atomic E-state index is 0. The molecule has 0 aromatic heterocycles. The summed E-state index contributed by atoms with van der Waals surface area (Å²) < 4.78 is 0. The number of nitrogens with two attached hydrogens (primary N) is 4. The number of carboxylic acid groups (broad SMARTS) is 2. The molecule has 0 fully saturated rings. The lowest BCUT2D eigenvalue weighted by molar-refractivity contribution is -0.143. The van der Waals surface area contributed by atoms with E-state index in [9.17, 15) is 24.3 Å². The fourth-order valence-electron chi connectivity index (χ4n) is 2.62. The standard InChI is InChI=1S/C18H34N8O6.2H2/c1-10(4-2-8-23-17(19)20)14(29)25-11(6-7-13(27)28)15(30)26-12(16(31)32)5-3-9-24-18(21)22;;/h10-12H,2-9H2,1H3,(H,25,29)(H,26,30)(H,27,28)(H,31,32)(H4,19,20,23)(H4,21,22,24);2*1H. The number of carboxylic acids is 2. The quantitative estimate of drug-likeness (QED) is 0.0719. The summed E-state index contributed by atoms with van der Waals surface area (Å²) in [4.78, 5) is 55.0. The number of guanidine groups is 2. The summed E-state index contributed by atoms with van der Waals surface area (Å²) in [5, 5.41) is 23.1. The number of aliphatic imine (C=N–C) groups is 2. The Balaban J connectivity index is -0.00000480. The number of amides is 2. The van der Waals surface area contributed by atoms with E-state index in [1.165, 1.54) is 0 Å². The molecule has 0 spiro atoms. The number of carbonyl (C=O) groups is 4. The van der Waals surface area contributed by atoms with Gasteiger partial charge in [-0.1, -0.05) is 6.92 Å². The summed E-state index contributed by atoms with van der Waals surface area (Å²) in [7, 11) is 0. The summed E-state index contributed by atoms with van der Waals surface area (Å²) in [5.74, 6) is -4.39. The Hall–Kier alpha value is -3.58. The average molecular weight is 463 g/mol. The molecule has 14 nitrogen and oxygen atoms in total. The van der Waals surface area contributed by atoms with Gasteiger partial charge in [0.1, 0.15) is 12.1 Å². The lowest BCUT2D eigenvalue weighted by Gasteiger charge is -2.22. The maximum absolute atomic E-state index is 12.6. The van der Waals surface area contributed by atoms with Crippen LogP contribution in [0.15, 0.2) is 9.98 Å². The number of aliphatic carboxylic acids is 2. The number of rotatable bonds is 16. The maximum Gasteiger partial charge on any atom is 0.326 e. The van der Waals surface area contributed by atoms with Crippen molar-refractivity contribution in [3.05, 3.63) is 0 Å². The van der Waals surface area contributed by atoms with Gasteiger partial charge < -0.3 is 43.8 Å². The smallest absolute Gasteiger partial charge is 0.326 e. The van der Waals surface area contributed by atoms with Gasteiger partial charge in [-0.2, -0.15) is 0 Å². The highest BCUT2D eigenvalue weighted by atomic mass is 16.4. The molecule has 0 heterocycles. The molecule has 12 N–H and O–H groups in total. The van der Waals surface area contributed by atoms with E-state index >= 15 is 0 Å². The Morgan fingerprint density at radius 2 is 1.31 bits per heavy atom. The first-order valence-corrected chi connectivity index (χ1v) is 10.1. The number of carbonyl (C=O) groups excluding carboxylic acids is 2. The topological polar surface area (TPSA) is 262 Å². The van der Waals surface area contributed by atoms with Crippen molar-refractivity contribution in [1.82, 2.24) is 10.6 Å². The van der Waals surface area contributed by atoms with Crippen LogP contribution in [0.3, 0.4) is 0 Å². The number of nitrogens with zero attached hydrogens (tertiary/aromatic N) is 2. The zero-order chi connectivity index (χ0) is 24.7. The van der Waals surface area contributed by atoms with Crippen LogP contribution in [0.25, 0.3) is 0 Å². The summed E-state index contributed by atoms with van der Waals surface area (Å²) >= 11 is 0. The van der Waals surface area contributed by atoms with Gasteiger partial charge in [0.15, 0.2) is 11.9 Å². The molecule has 0 saturated heterocycles. The van der Waals surface area contributed by atoms with E-state index in [0.717, 1.165) is 0 Å². The molecule has 0 aliphatic carbocycles. The Bertz CT molecular complexity index is 715. The largest absolute Gasteiger partial charge is 0.481 e. The van der Waals surface area contributed by atoms with Crippen LogP contribution in [0.1, 0.15) is 48.3 Å². The summed E-state index contributed by atoms with van der Waals surface area (Å²) in [6, 6.07) is -2.46. The zero-order valence-electron chi connectivity index (χ0n) is 18.1. The monoisotopic (exact) mass is 462 g/mol. The summed E-state index contributed by atoms with van der Waals surface area (Å²) in [6.45, 7) is 2.16. The van der Waals surface area contributed by atoms with Crippen LogP contribution in [0.5, 0.6) is 0 Å². The molecule has 0 rings (SSSR count). The molecular formula is C18H38N8O6. The van der Waals surface area contributed by atoms with E-state index in [-0.39, 0.29) is 47.0 Å². The molecule has 3 atom stereocenters. The second-order valence-corrected chi connectivity index (χ2v) is 7.19. The molecule has 2 amide bonds. The lowest BCUT2D eigenvalue weighted by atomic mass is 10.0. The molecule has 0 aliphatic rings. The van der Waals surface area contributed by atoms with Crippen molar-refractivity contribution in [2.75, 3.05) is 13.1 Å². The Morgan fingerprint density at radius 1 is 0.812 bits per heavy atom. The molecule has 14 heteroatoms. The van der Waals surface area contributed by atoms with Crippen molar-refractivity contribution in [2.24, 2.45) is 38.8 Å². The fraction of sp³-hybridized carbons (Fsp3) is 0.667. The van der Waals surface area contributed by atoms with Crippen molar-refractivity contribution < 1.29 is 32.2 Å². The lowest BCUT2D eigenvalue weighted by Crippen LogP contribution is -2.52. The van der Waals surface area contributed by atoms with Gasteiger partial charge in [-0.05, 0) is 32.1 Å². The van der Waals surface area contributed by atoms with Crippen molar-refractivity contribution in [3.63, 3.8) is 0 Å². The third kappa shape index (κ3) is 13.6. The molecule has 0 aromatic carbocycles. The van der Waals surface area contributed by atoms with E-state index in [0.29, 0.717) is 19.4 Å². The fourth-order valence-corrected chi connectivity index (χ4v) is 2.62. The number of hydrogen-bond donors (Lipinski definition) is 8. The molecule has 0 aromatic rings. The van der Waals surface area contributed by atoms with Gasteiger partial charge in [-0.3, -0.25) is 24.4 Å². The van der Waals surface area contributed by atoms with Gasteiger partial charge in [0.2, 0.25) is 11.8 Å². The van der Waals surface area contributed by atoms with E-state index in [4.69, 9.17) is 28.0 Å². The molecule has 186 valence electrons. The SMILES string of the molecule is CC(CCCN=C(N)N)C(=O)NC(CCC(=O)O)C(=O)NC(CCCN=C(N)N)C(=O)O.[HH].[HH]. The first kappa shape index (κ1) is 28.4. The minimum Gasteiger partial charge on any atom is -0.481 e. The van der Waals surface area contributed by atoms with Crippen molar-refractivity contribution in [3.8, 4) is 0 Å². The first-order chi connectivity index (χ1) is 14.9. The Kier molecular flexibility index (Phi) is 13.5. The highest BCUT2D eigenvalue weighted by Crippen LogP contribution is 2.09. The molecule has 0 saturated carbocycles. The number of nitrogens with one attached hydrogen (secondary N) is 2. The van der Waals surface area contributed by atoms with Gasteiger partial charge in [0.25, 0.3) is 0 Å². The van der Waals surface area contributed by atoms with Gasteiger partial charge >= 0.3 is 11.9 Å². The molecule has 0 radical (unpaired) electrons. The predicted molar refractivity (Wildman–Crippen MR) is 122 cm³/mol. The summed E-state index contributed by atoms with van der Waals surface area (Å²) in [5.41, 5.74) is 20.9. The van der Waals surface area contributed by atoms with Crippen LogP contribution < -0.4 is 33.6 Å². The minimum atomic E-state index is -1.28. The third-order valence-corrected chi connectivity index (χ3v) is 4.38. The molecule has 3 unspecified atom stereocenters. The van der Waals surface area contributed by atoms with Crippen molar-refractivity contribution in [1.29, 1.82) is 0 Å². The van der Waals surface area contributed by atoms with E-state index < -0.39 is 41.8 Å². The van der Waals surface area contributed by atoms with Gasteiger partial charge in [0, 0.05) is 28.3 Å². The predicted octanol–water partition coefficient (Wildman–Crippen LogP) is -1.86. The van der Waals surface area contributed by atoms with E-state index in [1.54, 1.807) is 6.92 Å². The first-order valence-electron chi connectivity index (χ1n) is 10.1. The molecule has 0 aliphatic heterocycles. The van der Waals surface area contributed by atoms with Crippen molar-refractivity contribution >= 4 is 35.7 Å². The van der Waals surface area contributed by atoms with Crippen LogP contribution in [-0.4, -0.2) is 71.1 Å². The van der Waals surface area contributed by atoms with Gasteiger partial charge in [-0.15, -0.1) is 0 Å². The van der Waals surface area contributed by atoms with E-state index in [2.05, 4.69) is 20.6 Å². The molecule has 0 bridgehead atoms. The van der Waals surface area contributed by atoms with Gasteiger partial charge in [-0.25, -0.2) is 4.79 Å². The van der Waals surface area contributed by atoms with Crippen LogP contribution in [0.4, 0.5) is 0 Å². The zero-order valence-corrected chi connectivity index (χ0v) is 18.1. The van der Waals surface area contributed by atoms with E-state index in [1.807, 2.05) is 0 Å². The Morgan fingerprint density at radius 3 is 1.78 bits per heavy atom. The average Bonchev–Trinajstić information content (AvgIpc) is 2.69. The van der Waals surface area contributed by atoms with Crippen molar-refractivity contribution in [2.45, 2.75) is 57.5 Å². The Labute approximate surface area is 188 Å². The second kappa shape index (κ2) is 15.3. The van der Waals surface area contributed by atoms with Crippen LogP contribution in [-0.2, 0) is 19.2 Å². The summed E-state index contributed by atoms with van der Waals surface area (Å²) in [6.07, 6.45) is 0.688. The normalized spacial score (nSPS) is 13.2. The van der Waals surface area contributed by atoms with Gasteiger partial charge in [0.05, 0.1) is 0 Å². The highest BCUT2D eigenvalue weighted by Gasteiger charge is 2.28. The second-order valence-electron chi connectivity index (χ2n) is 7.19. The third-order valence-electron chi connectivity index (χ3n) is 4.38. The van der Waals surface area contributed by atoms with Crippen LogP contribution in [0.2, 0.25) is 0 Å². The van der Waals surface area contributed by atoms with Crippen LogP contribution in [0, 0.1) is 5.92 Å². The maximum atomic E-state index is 12.6. The molecule has 32 heavy (non-hydrogen) atoms.